The van der Waals surface area contributed by atoms with Gasteiger partial charge < -0.3 is 10.2 Å². The highest BCUT2D eigenvalue weighted by Crippen LogP contribution is 2.19. The maximum atomic E-state index is 4.39. The third-order valence-electron chi connectivity index (χ3n) is 3.55. The lowest BCUT2D eigenvalue weighted by Gasteiger charge is -2.32. The molecule has 3 nitrogen and oxygen atoms in total. The second-order valence-electron chi connectivity index (χ2n) is 5.14. The van der Waals surface area contributed by atoms with E-state index in [0.29, 0.717) is 12.1 Å². The van der Waals surface area contributed by atoms with E-state index in [4.69, 9.17) is 0 Å². The normalized spacial score (nSPS) is 26.4. The molecule has 1 fully saturated rings. The van der Waals surface area contributed by atoms with Gasteiger partial charge in [0.15, 0.2) is 0 Å². The minimum Gasteiger partial charge on any atom is -0.370 e. The van der Waals surface area contributed by atoms with Crippen LogP contribution in [0.3, 0.4) is 0 Å². The summed E-state index contributed by atoms with van der Waals surface area (Å²) in [5, 5.41) is 3.63. The van der Waals surface area contributed by atoms with Crippen molar-refractivity contribution in [3.8, 4) is 0 Å². The molecule has 17 heavy (non-hydrogen) atoms. The summed E-state index contributed by atoms with van der Waals surface area (Å²) in [7, 11) is 0. The zero-order valence-corrected chi connectivity index (χ0v) is 11.1. The molecule has 0 spiro atoms. The van der Waals surface area contributed by atoms with Crippen molar-refractivity contribution in [1.29, 1.82) is 0 Å². The predicted molar refractivity (Wildman–Crippen MR) is 72.5 cm³/mol. The lowest BCUT2D eigenvalue weighted by atomic mass is 10.1. The van der Waals surface area contributed by atoms with Crippen molar-refractivity contribution in [2.45, 2.75) is 45.7 Å². The molecule has 0 aromatic carbocycles. The second-order valence-corrected chi connectivity index (χ2v) is 5.14. The van der Waals surface area contributed by atoms with Gasteiger partial charge in [-0.1, -0.05) is 0 Å². The van der Waals surface area contributed by atoms with Crippen LogP contribution >= 0.6 is 0 Å². The van der Waals surface area contributed by atoms with Gasteiger partial charge in [0.2, 0.25) is 0 Å². The Morgan fingerprint density at radius 1 is 1.24 bits per heavy atom. The van der Waals surface area contributed by atoms with Crippen LogP contribution < -0.4 is 10.2 Å². The number of hydrogen-bond acceptors (Lipinski definition) is 3. The van der Waals surface area contributed by atoms with Gasteiger partial charge in [0.1, 0.15) is 0 Å². The molecule has 1 aliphatic heterocycles. The zero-order chi connectivity index (χ0) is 12.3. The third-order valence-corrected chi connectivity index (χ3v) is 3.55. The molecule has 0 aliphatic carbocycles. The standard InChI is InChI=1S/C14H23N3/c1-11-6-9-17(10-7-12(2)16-11)14-5-4-8-15-13(14)3/h4-5,8,11-12,16H,6-7,9-10H2,1-3H3. The van der Waals surface area contributed by atoms with Gasteiger partial charge in [0.05, 0.1) is 11.4 Å². The lowest BCUT2D eigenvalue weighted by Crippen LogP contribution is -2.43. The van der Waals surface area contributed by atoms with Gasteiger partial charge in [0, 0.05) is 31.4 Å². The molecule has 1 aliphatic rings. The fraction of sp³-hybridized carbons (Fsp3) is 0.643. The highest BCUT2D eigenvalue weighted by molar-refractivity contribution is 5.49. The van der Waals surface area contributed by atoms with E-state index in [1.165, 1.54) is 18.5 Å². The van der Waals surface area contributed by atoms with Gasteiger partial charge in [-0.15, -0.1) is 0 Å². The number of nitrogens with one attached hydrogen (secondary N) is 1. The first-order chi connectivity index (χ1) is 8.16. The number of hydrogen-bond donors (Lipinski definition) is 1. The first kappa shape index (κ1) is 12.4. The summed E-state index contributed by atoms with van der Waals surface area (Å²) in [6, 6.07) is 5.42. The average Bonchev–Trinajstić information content (AvgIpc) is 2.28. The van der Waals surface area contributed by atoms with Gasteiger partial charge in [0.25, 0.3) is 0 Å². The number of rotatable bonds is 1. The number of nitrogens with zero attached hydrogens (tertiary/aromatic N) is 2. The highest BCUT2D eigenvalue weighted by atomic mass is 15.1. The number of aromatic nitrogens is 1. The van der Waals surface area contributed by atoms with E-state index in [1.54, 1.807) is 0 Å². The van der Waals surface area contributed by atoms with Crippen LogP contribution in [0.15, 0.2) is 18.3 Å². The van der Waals surface area contributed by atoms with Crippen molar-refractivity contribution in [3.05, 3.63) is 24.0 Å². The van der Waals surface area contributed by atoms with Crippen molar-refractivity contribution in [2.75, 3.05) is 18.0 Å². The van der Waals surface area contributed by atoms with Crippen molar-refractivity contribution in [3.63, 3.8) is 0 Å². The maximum absolute atomic E-state index is 4.39. The SMILES string of the molecule is Cc1ncccc1N1CCC(C)NC(C)CC1. The van der Waals surface area contributed by atoms with Gasteiger partial charge >= 0.3 is 0 Å². The fourth-order valence-corrected chi connectivity index (χ4v) is 2.51. The molecule has 0 saturated carbocycles. The second kappa shape index (κ2) is 5.50. The van der Waals surface area contributed by atoms with Crippen LogP contribution in [0.2, 0.25) is 0 Å². The summed E-state index contributed by atoms with van der Waals surface area (Å²) in [6.45, 7) is 8.88. The quantitative estimate of drug-likeness (QED) is 0.807. The Morgan fingerprint density at radius 3 is 2.47 bits per heavy atom. The van der Waals surface area contributed by atoms with Crippen molar-refractivity contribution < 1.29 is 0 Å². The Morgan fingerprint density at radius 2 is 1.88 bits per heavy atom. The summed E-state index contributed by atoms with van der Waals surface area (Å²) in [5.41, 5.74) is 2.44. The number of aryl methyl sites for hydroxylation is 1. The Labute approximate surface area is 104 Å². The Balaban J connectivity index is 2.12. The van der Waals surface area contributed by atoms with Gasteiger partial charge in [-0.05, 0) is 45.7 Å². The van der Waals surface area contributed by atoms with Gasteiger partial charge in [-0.25, -0.2) is 0 Å². The fourth-order valence-electron chi connectivity index (χ4n) is 2.51. The predicted octanol–water partition coefficient (Wildman–Crippen LogP) is 2.36. The highest BCUT2D eigenvalue weighted by Gasteiger charge is 2.17. The van der Waals surface area contributed by atoms with E-state index in [9.17, 15) is 0 Å². The molecule has 3 heteroatoms. The summed E-state index contributed by atoms with van der Waals surface area (Å²) in [6.07, 6.45) is 4.26. The van der Waals surface area contributed by atoms with E-state index < -0.39 is 0 Å². The monoisotopic (exact) mass is 233 g/mol. The number of pyridine rings is 1. The molecule has 2 unspecified atom stereocenters. The minimum atomic E-state index is 0.602. The Kier molecular flexibility index (Phi) is 4.00. The first-order valence-electron chi connectivity index (χ1n) is 6.59. The van der Waals surface area contributed by atoms with Crippen LogP contribution in [-0.2, 0) is 0 Å². The molecular weight excluding hydrogens is 210 g/mol. The molecule has 94 valence electrons. The van der Waals surface area contributed by atoms with Crippen LogP contribution in [0.1, 0.15) is 32.4 Å². The van der Waals surface area contributed by atoms with Crippen molar-refractivity contribution in [1.82, 2.24) is 10.3 Å². The molecule has 0 bridgehead atoms. The minimum absolute atomic E-state index is 0.602. The van der Waals surface area contributed by atoms with Crippen LogP contribution in [0, 0.1) is 6.92 Å². The molecule has 2 rings (SSSR count). The Bertz CT molecular complexity index is 352. The van der Waals surface area contributed by atoms with Crippen molar-refractivity contribution >= 4 is 5.69 Å². The molecule has 1 aromatic heterocycles. The first-order valence-corrected chi connectivity index (χ1v) is 6.59. The molecule has 0 radical (unpaired) electrons. The topological polar surface area (TPSA) is 28.2 Å². The summed E-state index contributed by atoms with van der Waals surface area (Å²) >= 11 is 0. The Hall–Kier alpha value is -1.09. The molecule has 0 amide bonds. The molecule has 1 saturated heterocycles. The van der Waals surface area contributed by atoms with E-state index in [0.717, 1.165) is 18.8 Å². The van der Waals surface area contributed by atoms with Gasteiger partial charge in [-0.2, -0.15) is 0 Å². The van der Waals surface area contributed by atoms with E-state index in [-0.39, 0.29) is 0 Å². The average molecular weight is 233 g/mol. The van der Waals surface area contributed by atoms with Crippen molar-refractivity contribution in [2.24, 2.45) is 0 Å². The van der Waals surface area contributed by atoms with Crippen LogP contribution in [0.25, 0.3) is 0 Å². The molecule has 2 atom stereocenters. The summed E-state index contributed by atoms with van der Waals surface area (Å²) in [5.74, 6) is 0. The van der Waals surface area contributed by atoms with Crippen LogP contribution in [-0.4, -0.2) is 30.2 Å². The lowest BCUT2D eigenvalue weighted by molar-refractivity contribution is 0.404. The smallest absolute Gasteiger partial charge is 0.0605 e. The molecular formula is C14H23N3. The van der Waals surface area contributed by atoms with E-state index >= 15 is 0 Å². The van der Waals surface area contributed by atoms with Crippen LogP contribution in [0.5, 0.6) is 0 Å². The maximum Gasteiger partial charge on any atom is 0.0605 e. The largest absolute Gasteiger partial charge is 0.370 e. The summed E-state index contributed by atoms with van der Waals surface area (Å²) < 4.78 is 0. The third kappa shape index (κ3) is 3.19. The number of anilines is 1. The molecule has 1 aromatic rings. The molecule has 2 heterocycles. The zero-order valence-electron chi connectivity index (χ0n) is 11.1. The van der Waals surface area contributed by atoms with Crippen LogP contribution in [0.4, 0.5) is 5.69 Å². The molecule has 1 N–H and O–H groups in total. The summed E-state index contributed by atoms with van der Waals surface area (Å²) in [4.78, 5) is 6.87. The van der Waals surface area contributed by atoms with E-state index in [1.807, 2.05) is 12.3 Å². The van der Waals surface area contributed by atoms with E-state index in [2.05, 4.69) is 42.0 Å². The van der Waals surface area contributed by atoms with Gasteiger partial charge in [-0.3, -0.25) is 4.98 Å².